The summed E-state index contributed by atoms with van der Waals surface area (Å²) in [4.78, 5) is 26.5. The van der Waals surface area contributed by atoms with E-state index >= 15 is 0 Å². The van der Waals surface area contributed by atoms with Crippen molar-refractivity contribution in [2.24, 2.45) is 7.05 Å². The summed E-state index contributed by atoms with van der Waals surface area (Å²) in [6.07, 6.45) is -1.02. The summed E-state index contributed by atoms with van der Waals surface area (Å²) in [6, 6.07) is 9.63. The number of benzene rings is 1. The number of ketones is 1. The minimum Gasteiger partial charge on any atom is -0.441 e. The number of carbonyl (C=O) groups is 2. The number of ether oxygens (including phenoxy) is 1. The average Bonchev–Trinajstić information content (AvgIpc) is 3.15. The molecule has 4 rings (SSSR count). The van der Waals surface area contributed by atoms with Crippen LogP contribution in [0, 0.1) is 6.92 Å². The van der Waals surface area contributed by atoms with Gasteiger partial charge in [0.25, 0.3) is 0 Å². The van der Waals surface area contributed by atoms with Gasteiger partial charge < -0.3 is 4.74 Å². The lowest BCUT2D eigenvalue weighted by atomic mass is 9.83. The van der Waals surface area contributed by atoms with Gasteiger partial charge in [-0.1, -0.05) is 30.3 Å². The molecule has 1 aliphatic carbocycles. The minimum absolute atomic E-state index is 0.108. The molecule has 8 heteroatoms. The molecule has 2 aromatic rings. The SMILES string of the molecule is Cc1c(C(=O)CN2CC3(CCC(F)(F)CC3)OC2=O)nn(C)c1-c1ccccc1. The van der Waals surface area contributed by atoms with Crippen LogP contribution in [0.3, 0.4) is 0 Å². The summed E-state index contributed by atoms with van der Waals surface area (Å²) in [5.41, 5.74) is 1.91. The molecule has 1 aromatic carbocycles. The topological polar surface area (TPSA) is 64.4 Å². The summed E-state index contributed by atoms with van der Waals surface area (Å²) >= 11 is 0. The van der Waals surface area contributed by atoms with Crippen molar-refractivity contribution in [3.8, 4) is 11.3 Å². The lowest BCUT2D eigenvalue weighted by Gasteiger charge is -2.34. The summed E-state index contributed by atoms with van der Waals surface area (Å²) in [7, 11) is 1.77. The Morgan fingerprint density at radius 2 is 1.83 bits per heavy atom. The first-order chi connectivity index (χ1) is 13.7. The number of alkyl halides is 2. The summed E-state index contributed by atoms with van der Waals surface area (Å²) in [6.45, 7) is 1.81. The Morgan fingerprint density at radius 1 is 1.17 bits per heavy atom. The van der Waals surface area contributed by atoms with Gasteiger partial charge in [0, 0.05) is 31.0 Å². The number of rotatable bonds is 4. The Morgan fingerprint density at radius 3 is 2.48 bits per heavy atom. The van der Waals surface area contributed by atoms with Crippen LogP contribution in [0.15, 0.2) is 30.3 Å². The zero-order valence-electron chi connectivity index (χ0n) is 16.5. The Balaban J connectivity index is 1.50. The molecule has 1 saturated carbocycles. The maximum absolute atomic E-state index is 13.5. The first-order valence-corrected chi connectivity index (χ1v) is 9.68. The van der Waals surface area contributed by atoms with Crippen molar-refractivity contribution in [1.82, 2.24) is 14.7 Å². The lowest BCUT2D eigenvalue weighted by Crippen LogP contribution is -2.42. The van der Waals surface area contributed by atoms with Gasteiger partial charge in [-0.05, 0) is 19.8 Å². The molecule has 2 fully saturated rings. The molecule has 6 nitrogen and oxygen atoms in total. The summed E-state index contributed by atoms with van der Waals surface area (Å²) in [5.74, 6) is -3.00. The molecule has 1 aliphatic heterocycles. The number of hydrogen-bond donors (Lipinski definition) is 0. The van der Waals surface area contributed by atoms with Crippen molar-refractivity contribution in [1.29, 1.82) is 0 Å². The van der Waals surface area contributed by atoms with Crippen LogP contribution in [0.4, 0.5) is 13.6 Å². The molecule has 0 N–H and O–H groups in total. The van der Waals surface area contributed by atoms with Crippen molar-refractivity contribution in [2.75, 3.05) is 13.1 Å². The zero-order chi connectivity index (χ0) is 20.8. The van der Waals surface area contributed by atoms with E-state index in [4.69, 9.17) is 4.74 Å². The van der Waals surface area contributed by atoms with Gasteiger partial charge in [0.05, 0.1) is 18.8 Å². The normalized spacial score (nSPS) is 20.1. The smallest absolute Gasteiger partial charge is 0.410 e. The fourth-order valence-corrected chi connectivity index (χ4v) is 4.29. The number of aromatic nitrogens is 2. The Kier molecular flexibility index (Phi) is 4.67. The monoisotopic (exact) mass is 403 g/mol. The van der Waals surface area contributed by atoms with Crippen molar-refractivity contribution in [3.63, 3.8) is 0 Å². The second-order valence-corrected chi connectivity index (χ2v) is 8.00. The van der Waals surface area contributed by atoms with Crippen molar-refractivity contribution >= 4 is 11.9 Å². The van der Waals surface area contributed by atoms with Gasteiger partial charge in [0.15, 0.2) is 0 Å². The number of amides is 1. The fraction of sp³-hybridized carbons (Fsp3) is 0.476. The first-order valence-electron chi connectivity index (χ1n) is 9.68. The van der Waals surface area contributed by atoms with Crippen LogP contribution < -0.4 is 0 Å². The molecule has 0 atom stereocenters. The van der Waals surface area contributed by atoms with E-state index in [1.165, 1.54) is 4.90 Å². The molecular formula is C21H23F2N3O3. The highest BCUT2D eigenvalue weighted by Crippen LogP contribution is 2.43. The quantitative estimate of drug-likeness (QED) is 0.725. The number of halogens is 2. The lowest BCUT2D eigenvalue weighted by molar-refractivity contribution is -0.0910. The van der Waals surface area contributed by atoms with Gasteiger partial charge in [-0.25, -0.2) is 13.6 Å². The maximum Gasteiger partial charge on any atom is 0.410 e. The van der Waals surface area contributed by atoms with Crippen molar-refractivity contribution in [2.45, 2.75) is 44.1 Å². The molecule has 0 bridgehead atoms. The second kappa shape index (κ2) is 6.93. The van der Waals surface area contributed by atoms with Crippen LogP contribution in [0.5, 0.6) is 0 Å². The Hall–Kier alpha value is -2.77. The van der Waals surface area contributed by atoms with Crippen LogP contribution >= 0.6 is 0 Å². The third-order valence-electron chi connectivity index (χ3n) is 5.86. The van der Waals surface area contributed by atoms with Gasteiger partial charge in [-0.2, -0.15) is 5.10 Å². The van der Waals surface area contributed by atoms with Crippen molar-refractivity contribution < 1.29 is 23.1 Å². The minimum atomic E-state index is -2.71. The van der Waals surface area contributed by atoms with Gasteiger partial charge in [0.1, 0.15) is 11.3 Å². The molecule has 2 heterocycles. The van der Waals surface area contributed by atoms with E-state index in [-0.39, 0.29) is 44.6 Å². The molecule has 29 heavy (non-hydrogen) atoms. The largest absolute Gasteiger partial charge is 0.441 e. The molecule has 1 saturated heterocycles. The Bertz CT molecular complexity index is 946. The maximum atomic E-state index is 13.5. The number of nitrogens with zero attached hydrogens (tertiary/aromatic N) is 3. The predicted molar refractivity (Wildman–Crippen MR) is 102 cm³/mol. The second-order valence-electron chi connectivity index (χ2n) is 8.00. The molecule has 1 amide bonds. The standard InChI is InChI=1S/C21H23F2N3O3/c1-14-17(24-25(2)18(14)15-6-4-3-5-7-15)16(27)12-26-13-20(29-19(26)28)8-10-21(22,23)11-9-20/h3-7H,8-13H2,1-2H3. The van der Waals surface area contributed by atoms with E-state index in [2.05, 4.69) is 5.10 Å². The highest BCUT2D eigenvalue weighted by Gasteiger charge is 2.51. The summed E-state index contributed by atoms with van der Waals surface area (Å²) < 4.78 is 34.0. The number of carbonyl (C=O) groups excluding carboxylic acids is 2. The number of Topliss-reactive ketones (excluding diaryl/α,β-unsaturated/α-hetero) is 1. The van der Waals surface area contributed by atoms with E-state index in [1.807, 2.05) is 37.3 Å². The van der Waals surface area contributed by atoms with E-state index < -0.39 is 17.6 Å². The van der Waals surface area contributed by atoms with Crippen LogP contribution in [0.25, 0.3) is 11.3 Å². The van der Waals surface area contributed by atoms with Crippen molar-refractivity contribution in [3.05, 3.63) is 41.6 Å². The number of hydrogen-bond acceptors (Lipinski definition) is 4. The van der Waals surface area contributed by atoms with E-state index in [0.29, 0.717) is 5.69 Å². The molecule has 0 radical (unpaired) electrons. The van der Waals surface area contributed by atoms with E-state index in [9.17, 15) is 18.4 Å². The third-order valence-corrected chi connectivity index (χ3v) is 5.86. The molecule has 2 aliphatic rings. The highest BCUT2D eigenvalue weighted by molar-refractivity contribution is 6.00. The molecule has 0 unspecified atom stereocenters. The average molecular weight is 403 g/mol. The molecule has 1 spiro atoms. The summed E-state index contributed by atoms with van der Waals surface area (Å²) in [5, 5.41) is 4.37. The van der Waals surface area contributed by atoms with Crippen LogP contribution in [0.1, 0.15) is 41.7 Å². The molecule has 1 aromatic heterocycles. The van der Waals surface area contributed by atoms with Crippen LogP contribution in [-0.4, -0.2) is 51.2 Å². The van der Waals surface area contributed by atoms with Crippen LogP contribution in [0.2, 0.25) is 0 Å². The Labute approximate surface area is 167 Å². The van der Waals surface area contributed by atoms with E-state index in [0.717, 1.165) is 16.8 Å². The van der Waals surface area contributed by atoms with Gasteiger partial charge in [0.2, 0.25) is 11.7 Å². The van der Waals surface area contributed by atoms with Gasteiger partial charge in [-0.3, -0.25) is 14.4 Å². The number of aryl methyl sites for hydroxylation is 1. The first kappa shape index (κ1) is 19.5. The zero-order valence-corrected chi connectivity index (χ0v) is 16.5. The molecule has 154 valence electrons. The third kappa shape index (κ3) is 3.63. The molecular weight excluding hydrogens is 380 g/mol. The fourth-order valence-electron chi connectivity index (χ4n) is 4.29. The predicted octanol–water partition coefficient (Wildman–Crippen LogP) is 3.98. The van der Waals surface area contributed by atoms with Gasteiger partial charge in [-0.15, -0.1) is 0 Å². The van der Waals surface area contributed by atoms with E-state index in [1.54, 1.807) is 11.7 Å². The van der Waals surface area contributed by atoms with Crippen LogP contribution in [-0.2, 0) is 11.8 Å². The highest BCUT2D eigenvalue weighted by atomic mass is 19.3. The van der Waals surface area contributed by atoms with Gasteiger partial charge >= 0.3 is 6.09 Å².